The van der Waals surface area contributed by atoms with E-state index >= 15 is 0 Å². The van der Waals surface area contributed by atoms with Gasteiger partial charge in [-0.2, -0.15) is 0 Å². The van der Waals surface area contributed by atoms with E-state index in [1.807, 2.05) is 61.2 Å². The number of aryl methyl sites for hydroxylation is 1. The molecular formula is C27H29N3O4S. The highest BCUT2D eigenvalue weighted by molar-refractivity contribution is 8.15. The van der Waals surface area contributed by atoms with E-state index in [0.29, 0.717) is 28.3 Å². The van der Waals surface area contributed by atoms with Gasteiger partial charge in [0, 0.05) is 13.1 Å². The molecule has 1 fully saturated rings. The van der Waals surface area contributed by atoms with Crippen LogP contribution in [0.1, 0.15) is 37.8 Å². The van der Waals surface area contributed by atoms with E-state index in [2.05, 4.69) is 6.92 Å². The summed E-state index contributed by atoms with van der Waals surface area (Å²) in [6.45, 7) is 7.89. The molecule has 1 saturated heterocycles. The third-order valence-electron chi connectivity index (χ3n) is 6.55. The molecule has 35 heavy (non-hydrogen) atoms. The minimum Gasteiger partial charge on any atom is -0.454 e. The maximum absolute atomic E-state index is 13.5. The standard InChI is InChI=1S/C27H29N3O4S/c1-17-4-7-21(8-5-17)30-26(32)22(14-20-6-9-23-24(15-20)34-16-33-23)28-27(30)35-19(3)25(31)29-12-10-18(2)11-13-29/h4-9,14-15,18-19H,10-13,16H2,1-3H3/b22-14-. The van der Waals surface area contributed by atoms with Crippen LogP contribution in [0.3, 0.4) is 0 Å². The molecule has 0 aliphatic carbocycles. The first kappa shape index (κ1) is 23.5. The monoisotopic (exact) mass is 491 g/mol. The van der Waals surface area contributed by atoms with Gasteiger partial charge in [-0.05, 0) is 68.5 Å². The summed E-state index contributed by atoms with van der Waals surface area (Å²) in [7, 11) is 0. The Balaban J connectivity index is 1.42. The summed E-state index contributed by atoms with van der Waals surface area (Å²) in [4.78, 5) is 34.9. The van der Waals surface area contributed by atoms with Gasteiger partial charge in [0.2, 0.25) is 12.7 Å². The lowest BCUT2D eigenvalue weighted by Gasteiger charge is -2.32. The molecule has 0 spiro atoms. The van der Waals surface area contributed by atoms with Crippen molar-refractivity contribution in [3.63, 3.8) is 0 Å². The number of fused-ring (bicyclic) bond motifs is 1. The smallest absolute Gasteiger partial charge is 0.283 e. The highest BCUT2D eigenvalue weighted by Crippen LogP contribution is 2.35. The summed E-state index contributed by atoms with van der Waals surface area (Å²) in [5.41, 5.74) is 2.94. The number of thioether (sulfide) groups is 1. The number of piperidine rings is 1. The van der Waals surface area contributed by atoms with Gasteiger partial charge in [0.1, 0.15) is 5.70 Å². The molecule has 2 aromatic rings. The van der Waals surface area contributed by atoms with Crippen LogP contribution in [0, 0.1) is 12.8 Å². The zero-order valence-corrected chi connectivity index (χ0v) is 21.0. The summed E-state index contributed by atoms with van der Waals surface area (Å²) < 4.78 is 10.9. The number of hydrogen-bond donors (Lipinski definition) is 0. The summed E-state index contributed by atoms with van der Waals surface area (Å²) in [6, 6.07) is 13.3. The van der Waals surface area contributed by atoms with Gasteiger partial charge in [0.05, 0.1) is 10.9 Å². The summed E-state index contributed by atoms with van der Waals surface area (Å²) in [6.07, 6.45) is 3.80. The minimum atomic E-state index is -0.354. The van der Waals surface area contributed by atoms with Gasteiger partial charge in [-0.25, -0.2) is 4.99 Å². The quantitative estimate of drug-likeness (QED) is 0.572. The van der Waals surface area contributed by atoms with Crippen molar-refractivity contribution in [2.24, 2.45) is 10.9 Å². The molecule has 3 aliphatic rings. The van der Waals surface area contributed by atoms with Gasteiger partial charge in [0.25, 0.3) is 5.91 Å². The van der Waals surface area contributed by atoms with Crippen molar-refractivity contribution in [3.8, 4) is 11.5 Å². The molecule has 182 valence electrons. The molecule has 8 heteroatoms. The van der Waals surface area contributed by atoms with E-state index < -0.39 is 0 Å². The number of aliphatic imine (C=N–C) groups is 1. The number of carbonyl (C=O) groups is 2. The molecular weight excluding hydrogens is 462 g/mol. The number of carbonyl (C=O) groups excluding carboxylic acids is 2. The highest BCUT2D eigenvalue weighted by Gasteiger charge is 2.35. The Morgan fingerprint density at radius 1 is 1.11 bits per heavy atom. The van der Waals surface area contributed by atoms with Crippen LogP contribution in [0.15, 0.2) is 53.2 Å². The zero-order valence-electron chi connectivity index (χ0n) is 20.2. The van der Waals surface area contributed by atoms with E-state index in [4.69, 9.17) is 14.5 Å². The van der Waals surface area contributed by atoms with Crippen LogP contribution in [0.5, 0.6) is 11.5 Å². The molecule has 0 bridgehead atoms. The minimum absolute atomic E-state index is 0.0918. The number of anilines is 1. The largest absolute Gasteiger partial charge is 0.454 e. The van der Waals surface area contributed by atoms with Crippen LogP contribution < -0.4 is 14.4 Å². The van der Waals surface area contributed by atoms with Crippen LogP contribution in [-0.4, -0.2) is 47.0 Å². The van der Waals surface area contributed by atoms with Gasteiger partial charge >= 0.3 is 0 Å². The number of rotatable bonds is 4. The molecule has 3 heterocycles. The lowest BCUT2D eigenvalue weighted by atomic mass is 9.99. The number of benzene rings is 2. The fourth-order valence-corrected chi connectivity index (χ4v) is 5.36. The topological polar surface area (TPSA) is 71.4 Å². The average Bonchev–Trinajstić information content (AvgIpc) is 3.44. The molecule has 5 rings (SSSR count). The van der Waals surface area contributed by atoms with Crippen LogP contribution >= 0.6 is 11.8 Å². The van der Waals surface area contributed by atoms with Crippen molar-refractivity contribution in [3.05, 3.63) is 59.3 Å². The Labute approximate surface area is 209 Å². The first-order chi connectivity index (χ1) is 16.9. The van der Waals surface area contributed by atoms with Crippen LogP contribution in [0.2, 0.25) is 0 Å². The Bertz CT molecular complexity index is 1200. The lowest BCUT2D eigenvalue weighted by molar-refractivity contribution is -0.131. The van der Waals surface area contributed by atoms with Crippen LogP contribution in [0.4, 0.5) is 5.69 Å². The first-order valence-electron chi connectivity index (χ1n) is 12.0. The van der Waals surface area contributed by atoms with Crippen molar-refractivity contribution in [2.75, 3.05) is 24.8 Å². The van der Waals surface area contributed by atoms with Gasteiger partial charge in [-0.3, -0.25) is 14.5 Å². The third-order valence-corrected chi connectivity index (χ3v) is 7.59. The lowest BCUT2D eigenvalue weighted by Crippen LogP contribution is -2.42. The normalized spacial score (nSPS) is 19.9. The van der Waals surface area contributed by atoms with Gasteiger partial charge in [-0.1, -0.05) is 42.4 Å². The third kappa shape index (κ3) is 4.93. The fraction of sp³-hybridized carbons (Fsp3) is 0.370. The molecule has 2 amide bonds. The number of likely N-dealkylation sites (tertiary alicyclic amines) is 1. The molecule has 1 unspecified atom stereocenters. The van der Waals surface area contributed by atoms with E-state index in [0.717, 1.165) is 42.7 Å². The zero-order chi connectivity index (χ0) is 24.5. The molecule has 0 radical (unpaired) electrons. The molecule has 0 saturated carbocycles. The van der Waals surface area contributed by atoms with Gasteiger partial charge in [-0.15, -0.1) is 0 Å². The second kappa shape index (κ2) is 9.77. The SMILES string of the molecule is Cc1ccc(N2C(=O)/C(=C/c3ccc4c(c3)OCO4)N=C2SC(C)C(=O)N2CCC(C)CC2)cc1. The Morgan fingerprint density at radius 2 is 1.83 bits per heavy atom. The molecule has 0 aromatic heterocycles. The Morgan fingerprint density at radius 3 is 2.57 bits per heavy atom. The van der Waals surface area contributed by atoms with Crippen LogP contribution in [-0.2, 0) is 9.59 Å². The van der Waals surface area contributed by atoms with Gasteiger partial charge < -0.3 is 14.4 Å². The van der Waals surface area contributed by atoms with E-state index in [1.54, 1.807) is 11.0 Å². The fourth-order valence-electron chi connectivity index (χ4n) is 4.35. The van der Waals surface area contributed by atoms with Crippen molar-refractivity contribution in [2.45, 2.75) is 38.9 Å². The van der Waals surface area contributed by atoms with Gasteiger partial charge in [0.15, 0.2) is 16.7 Å². The van der Waals surface area contributed by atoms with E-state index in [-0.39, 0.29) is 23.9 Å². The van der Waals surface area contributed by atoms with Crippen LogP contribution in [0.25, 0.3) is 6.08 Å². The number of nitrogens with zero attached hydrogens (tertiary/aromatic N) is 3. The Kier molecular flexibility index (Phi) is 6.56. The van der Waals surface area contributed by atoms with Crippen molar-refractivity contribution < 1.29 is 19.1 Å². The van der Waals surface area contributed by atoms with Crippen molar-refractivity contribution in [1.82, 2.24) is 4.90 Å². The predicted molar refractivity (Wildman–Crippen MR) is 139 cm³/mol. The second-order valence-electron chi connectivity index (χ2n) is 9.28. The molecule has 0 N–H and O–H groups in total. The number of amidine groups is 1. The number of amides is 2. The molecule has 1 atom stereocenters. The predicted octanol–water partition coefficient (Wildman–Crippen LogP) is 4.85. The number of ether oxygens (including phenoxy) is 2. The second-order valence-corrected chi connectivity index (χ2v) is 10.6. The highest BCUT2D eigenvalue weighted by atomic mass is 32.2. The molecule has 3 aliphatic heterocycles. The maximum Gasteiger partial charge on any atom is 0.283 e. The summed E-state index contributed by atoms with van der Waals surface area (Å²) in [5, 5.41) is 0.157. The summed E-state index contributed by atoms with van der Waals surface area (Å²) >= 11 is 1.33. The van der Waals surface area contributed by atoms with Crippen molar-refractivity contribution >= 4 is 40.5 Å². The van der Waals surface area contributed by atoms with E-state index in [1.165, 1.54) is 11.8 Å². The average molecular weight is 492 g/mol. The molecule has 7 nitrogen and oxygen atoms in total. The Hall–Kier alpha value is -3.26. The number of hydrogen-bond acceptors (Lipinski definition) is 6. The van der Waals surface area contributed by atoms with Crippen molar-refractivity contribution in [1.29, 1.82) is 0 Å². The first-order valence-corrected chi connectivity index (χ1v) is 12.8. The maximum atomic E-state index is 13.5. The van der Waals surface area contributed by atoms with E-state index in [9.17, 15) is 9.59 Å². The molecule has 2 aromatic carbocycles. The summed E-state index contributed by atoms with van der Waals surface area (Å²) in [5.74, 6) is 1.86.